The van der Waals surface area contributed by atoms with Crippen LogP contribution in [0.5, 0.6) is 0 Å². The highest BCUT2D eigenvalue weighted by Gasteiger charge is 2.03. The molecule has 216 valence electrons. The van der Waals surface area contributed by atoms with Gasteiger partial charge in [0.25, 0.3) is 0 Å². The summed E-state index contributed by atoms with van der Waals surface area (Å²) < 4.78 is 5.42. The van der Waals surface area contributed by atoms with E-state index in [1.165, 1.54) is 166 Å². The number of carbonyl (C=O) groups excluding carboxylic acids is 1. The summed E-state index contributed by atoms with van der Waals surface area (Å²) in [5, 5.41) is 0. The zero-order chi connectivity index (χ0) is 26.2. The smallest absolute Gasteiger partial charge is 0.306 e. The quantitative estimate of drug-likeness (QED) is 0.0663. The van der Waals surface area contributed by atoms with Crippen molar-refractivity contribution in [2.45, 2.75) is 187 Å². The number of hydrogen-bond donors (Lipinski definition) is 0. The second-order valence-electron chi connectivity index (χ2n) is 11.1. The zero-order valence-corrected chi connectivity index (χ0v) is 25.8. The van der Waals surface area contributed by atoms with Crippen molar-refractivity contribution in [2.24, 2.45) is 0 Å². The van der Waals surface area contributed by atoms with Crippen molar-refractivity contribution < 1.29 is 9.53 Å². The van der Waals surface area contributed by atoms with Crippen LogP contribution in [-0.2, 0) is 9.53 Å². The molecule has 0 saturated carbocycles. The lowest BCUT2D eigenvalue weighted by Crippen LogP contribution is -2.07. The van der Waals surface area contributed by atoms with Crippen LogP contribution in [0, 0.1) is 0 Å². The molecule has 36 heavy (non-hydrogen) atoms. The van der Waals surface area contributed by atoms with Gasteiger partial charge in [-0.2, -0.15) is 11.8 Å². The molecule has 0 fully saturated rings. The largest absolute Gasteiger partial charge is 0.466 e. The van der Waals surface area contributed by atoms with E-state index >= 15 is 0 Å². The van der Waals surface area contributed by atoms with Gasteiger partial charge in [0, 0.05) is 5.75 Å². The molecule has 0 heterocycles. The molecule has 0 N–H and O–H groups in total. The molecule has 0 spiro atoms. The molecule has 0 aromatic heterocycles. The van der Waals surface area contributed by atoms with E-state index in [0.29, 0.717) is 13.0 Å². The Morgan fingerprint density at radius 1 is 0.444 bits per heavy atom. The van der Waals surface area contributed by atoms with Crippen molar-refractivity contribution in [3.63, 3.8) is 0 Å². The van der Waals surface area contributed by atoms with Crippen molar-refractivity contribution in [1.29, 1.82) is 0 Å². The lowest BCUT2D eigenvalue weighted by molar-refractivity contribution is -0.143. The summed E-state index contributed by atoms with van der Waals surface area (Å²) in [7, 11) is 0. The second-order valence-corrected chi connectivity index (χ2v) is 12.3. The lowest BCUT2D eigenvalue weighted by Gasteiger charge is -2.06. The summed E-state index contributed by atoms with van der Waals surface area (Å²) in [6, 6.07) is 0. The van der Waals surface area contributed by atoms with Crippen LogP contribution in [0.3, 0.4) is 0 Å². The minimum absolute atomic E-state index is 0.00630. The van der Waals surface area contributed by atoms with Gasteiger partial charge in [0.1, 0.15) is 0 Å². The Balaban J connectivity index is 3.14. The van der Waals surface area contributed by atoms with E-state index in [1.54, 1.807) is 0 Å². The first-order valence-corrected chi connectivity index (χ1v) is 17.7. The summed E-state index contributed by atoms with van der Waals surface area (Å²) in [5.74, 6) is 2.13. The molecule has 0 radical (unpaired) electrons. The van der Waals surface area contributed by atoms with E-state index in [-0.39, 0.29) is 5.97 Å². The molecule has 0 saturated heterocycles. The molecular formula is C33H66O2S. The van der Waals surface area contributed by atoms with E-state index in [4.69, 9.17) is 4.74 Å². The third-order valence-corrected chi connectivity index (χ3v) is 8.42. The monoisotopic (exact) mass is 526 g/mol. The summed E-state index contributed by atoms with van der Waals surface area (Å²) in [5.41, 5.74) is 0. The predicted molar refractivity (Wildman–Crippen MR) is 164 cm³/mol. The fraction of sp³-hybridized carbons (Fsp3) is 0.970. The molecule has 0 aliphatic carbocycles. The van der Waals surface area contributed by atoms with Gasteiger partial charge in [0.2, 0.25) is 0 Å². The molecule has 3 heteroatoms. The number of thioether (sulfide) groups is 1. The molecule has 2 nitrogen and oxygen atoms in total. The minimum Gasteiger partial charge on any atom is -0.466 e. The van der Waals surface area contributed by atoms with Gasteiger partial charge in [0.05, 0.1) is 13.0 Å². The van der Waals surface area contributed by atoms with Crippen molar-refractivity contribution in [3.05, 3.63) is 0 Å². The van der Waals surface area contributed by atoms with Crippen LogP contribution in [0.25, 0.3) is 0 Å². The second kappa shape index (κ2) is 32.8. The summed E-state index contributed by atoms with van der Waals surface area (Å²) in [6.45, 7) is 5.20. The number of unbranched alkanes of at least 4 members (excludes halogenated alkanes) is 24. The Hall–Kier alpha value is -0.180. The zero-order valence-electron chi connectivity index (χ0n) is 24.9. The van der Waals surface area contributed by atoms with Crippen molar-refractivity contribution in [2.75, 3.05) is 18.1 Å². The summed E-state index contributed by atoms with van der Waals surface area (Å²) in [6.07, 6.45) is 36.5. The highest BCUT2D eigenvalue weighted by atomic mass is 32.2. The highest BCUT2D eigenvalue weighted by Crippen LogP contribution is 2.15. The Kier molecular flexibility index (Phi) is 32.7. The fourth-order valence-corrected chi connectivity index (χ4v) is 5.78. The molecule has 0 unspecified atom stereocenters. The average molecular weight is 527 g/mol. The topological polar surface area (TPSA) is 26.3 Å². The van der Waals surface area contributed by atoms with Gasteiger partial charge in [-0.15, -0.1) is 0 Å². The molecule has 0 rings (SSSR count). The first-order valence-electron chi connectivity index (χ1n) is 16.5. The van der Waals surface area contributed by atoms with Crippen molar-refractivity contribution in [1.82, 2.24) is 0 Å². The maximum absolute atomic E-state index is 11.9. The SMILES string of the molecule is CCCCCCCCCCCCCCCCCOC(=O)CCSCCCCCCCCCCCCC. The standard InChI is InChI=1S/C33H66O2S/c1-3-5-7-9-11-13-15-16-17-18-19-21-23-25-27-30-35-33(34)29-32-36-31-28-26-24-22-20-14-12-10-8-6-4-2/h3-32H2,1-2H3. The molecule has 0 aliphatic heterocycles. The molecular weight excluding hydrogens is 460 g/mol. The van der Waals surface area contributed by atoms with Crippen LogP contribution in [-0.4, -0.2) is 24.1 Å². The molecule has 0 aromatic carbocycles. The summed E-state index contributed by atoms with van der Waals surface area (Å²) >= 11 is 1.92. The maximum atomic E-state index is 11.9. The van der Waals surface area contributed by atoms with Gasteiger partial charge in [0.15, 0.2) is 0 Å². The minimum atomic E-state index is 0.00630. The Bertz CT molecular complexity index is 412. The number of ether oxygens (including phenoxy) is 1. The van der Waals surface area contributed by atoms with E-state index < -0.39 is 0 Å². The Morgan fingerprint density at radius 2 is 0.778 bits per heavy atom. The maximum Gasteiger partial charge on any atom is 0.306 e. The molecule has 0 aromatic rings. The van der Waals surface area contributed by atoms with Crippen LogP contribution in [0.15, 0.2) is 0 Å². The van der Waals surface area contributed by atoms with E-state index in [1.807, 2.05) is 11.8 Å². The van der Waals surface area contributed by atoms with E-state index in [9.17, 15) is 4.79 Å². The number of carbonyl (C=O) groups is 1. The summed E-state index contributed by atoms with van der Waals surface area (Å²) in [4.78, 5) is 11.9. The lowest BCUT2D eigenvalue weighted by atomic mass is 10.0. The normalized spacial score (nSPS) is 11.3. The molecule has 0 atom stereocenters. The van der Waals surface area contributed by atoms with E-state index in [2.05, 4.69) is 13.8 Å². The Morgan fingerprint density at radius 3 is 1.17 bits per heavy atom. The van der Waals surface area contributed by atoms with Crippen LogP contribution in [0.1, 0.15) is 187 Å². The number of rotatable bonds is 31. The van der Waals surface area contributed by atoms with Crippen LogP contribution < -0.4 is 0 Å². The van der Waals surface area contributed by atoms with Gasteiger partial charge in [-0.05, 0) is 18.6 Å². The molecule has 0 bridgehead atoms. The Labute approximate surface area is 232 Å². The first-order chi connectivity index (χ1) is 17.8. The van der Waals surface area contributed by atoms with Crippen LogP contribution in [0.4, 0.5) is 0 Å². The van der Waals surface area contributed by atoms with Gasteiger partial charge in [-0.3, -0.25) is 4.79 Å². The van der Waals surface area contributed by atoms with Crippen molar-refractivity contribution in [3.8, 4) is 0 Å². The van der Waals surface area contributed by atoms with Gasteiger partial charge >= 0.3 is 5.97 Å². The third kappa shape index (κ3) is 31.8. The fourth-order valence-electron chi connectivity index (χ4n) is 4.86. The predicted octanol–water partition coefficient (Wildman–Crippen LogP) is 11.8. The average Bonchev–Trinajstić information content (AvgIpc) is 2.88. The molecule has 0 aliphatic rings. The van der Waals surface area contributed by atoms with Gasteiger partial charge in [-0.1, -0.05) is 168 Å². The third-order valence-electron chi connectivity index (χ3n) is 7.35. The number of hydrogen-bond acceptors (Lipinski definition) is 3. The van der Waals surface area contributed by atoms with Crippen molar-refractivity contribution >= 4 is 17.7 Å². The molecule has 0 amide bonds. The van der Waals surface area contributed by atoms with Crippen LogP contribution in [0.2, 0.25) is 0 Å². The van der Waals surface area contributed by atoms with Gasteiger partial charge in [-0.25, -0.2) is 0 Å². The van der Waals surface area contributed by atoms with Crippen LogP contribution >= 0.6 is 11.8 Å². The van der Waals surface area contributed by atoms with Gasteiger partial charge < -0.3 is 4.74 Å². The number of esters is 1. The van der Waals surface area contributed by atoms with E-state index in [0.717, 1.165) is 12.2 Å². The highest BCUT2D eigenvalue weighted by molar-refractivity contribution is 7.99. The first kappa shape index (κ1) is 35.8.